The Bertz CT molecular complexity index is 682. The van der Waals surface area contributed by atoms with Crippen LogP contribution in [0.25, 0.3) is 0 Å². The Kier molecular flexibility index (Phi) is 6.41. The number of carbonyl (C=O) groups excluding carboxylic acids is 1. The maximum Gasteiger partial charge on any atom is 0.293 e. The molecule has 126 valence electrons. The van der Waals surface area contributed by atoms with Gasteiger partial charge in [-0.15, -0.1) is 0 Å². The van der Waals surface area contributed by atoms with Gasteiger partial charge in [-0.25, -0.2) is 17.1 Å². The summed E-state index contributed by atoms with van der Waals surface area (Å²) in [5.74, 6) is -0.696. The van der Waals surface area contributed by atoms with Crippen molar-refractivity contribution >= 4 is 34.7 Å². The van der Waals surface area contributed by atoms with Crippen LogP contribution in [0, 0.1) is 5.82 Å². The third-order valence-corrected chi connectivity index (χ3v) is 4.72. The van der Waals surface area contributed by atoms with Crippen LogP contribution in [0.1, 0.15) is 32.1 Å². The molecule has 0 fully saturated rings. The summed E-state index contributed by atoms with van der Waals surface area (Å²) in [5.41, 5.74) is 1.38. The maximum absolute atomic E-state index is 14.2. The van der Waals surface area contributed by atoms with E-state index in [2.05, 4.69) is 0 Å². The van der Waals surface area contributed by atoms with Gasteiger partial charge in [0.25, 0.3) is 6.47 Å². The molecule has 0 saturated carbocycles. The highest BCUT2D eigenvalue weighted by Gasteiger charge is 2.24. The number of carbonyl (C=O) groups is 1. The van der Waals surface area contributed by atoms with Crippen molar-refractivity contribution < 1.29 is 22.3 Å². The van der Waals surface area contributed by atoms with E-state index in [0.29, 0.717) is 31.4 Å². The van der Waals surface area contributed by atoms with Gasteiger partial charge in [-0.1, -0.05) is 11.6 Å². The van der Waals surface area contributed by atoms with Gasteiger partial charge in [-0.2, -0.15) is 0 Å². The molecule has 0 heterocycles. The Morgan fingerprint density at radius 3 is 2.70 bits per heavy atom. The number of hydrogen-bond acceptors (Lipinski definition) is 4. The summed E-state index contributed by atoms with van der Waals surface area (Å²) in [5, 5.41) is 0.199. The molecular formula is C15H17ClFNO4S. The topological polar surface area (TPSA) is 63.7 Å². The SMILES string of the molecule is O=COCCC1=C(N(c2ccc(Cl)cc2F)[SH](=O)=O)CCCC1. The minimum absolute atomic E-state index is 0.0452. The number of thiol groups is 1. The fourth-order valence-corrected chi connectivity index (χ4v) is 3.63. The molecule has 0 saturated heterocycles. The fourth-order valence-electron chi connectivity index (χ4n) is 2.69. The van der Waals surface area contributed by atoms with Gasteiger partial charge in [0.2, 0.25) is 10.9 Å². The smallest absolute Gasteiger partial charge is 0.293 e. The molecule has 1 aromatic rings. The molecule has 23 heavy (non-hydrogen) atoms. The van der Waals surface area contributed by atoms with Crippen LogP contribution < -0.4 is 4.31 Å². The number of ether oxygens (including phenoxy) is 1. The molecule has 0 aromatic heterocycles. The van der Waals surface area contributed by atoms with Gasteiger partial charge >= 0.3 is 0 Å². The number of halogens is 2. The summed E-state index contributed by atoms with van der Waals surface area (Å²) in [7, 11) is -3.05. The molecule has 5 nitrogen and oxygen atoms in total. The maximum atomic E-state index is 14.2. The molecule has 0 spiro atoms. The molecule has 0 bridgehead atoms. The van der Waals surface area contributed by atoms with Gasteiger partial charge in [-0.05, 0) is 49.5 Å². The first-order valence-corrected chi connectivity index (χ1v) is 8.71. The number of benzene rings is 1. The monoisotopic (exact) mass is 361 g/mol. The Morgan fingerprint density at radius 1 is 1.30 bits per heavy atom. The van der Waals surface area contributed by atoms with Gasteiger partial charge in [0.05, 0.1) is 12.3 Å². The highest BCUT2D eigenvalue weighted by atomic mass is 35.5. The average Bonchev–Trinajstić information content (AvgIpc) is 2.51. The van der Waals surface area contributed by atoms with Crippen LogP contribution >= 0.6 is 11.6 Å². The second-order valence-electron chi connectivity index (χ2n) is 5.12. The van der Waals surface area contributed by atoms with Crippen molar-refractivity contribution in [2.45, 2.75) is 32.1 Å². The number of hydrogen-bond donors (Lipinski definition) is 1. The molecule has 2 rings (SSSR count). The van der Waals surface area contributed by atoms with Crippen LogP contribution in [0.15, 0.2) is 29.5 Å². The predicted molar refractivity (Wildman–Crippen MR) is 86.3 cm³/mol. The number of allylic oxidation sites excluding steroid dienone is 1. The molecule has 1 aromatic carbocycles. The van der Waals surface area contributed by atoms with E-state index < -0.39 is 16.7 Å². The van der Waals surface area contributed by atoms with E-state index in [0.717, 1.165) is 28.8 Å². The molecule has 1 aliphatic rings. The van der Waals surface area contributed by atoms with Crippen LogP contribution in [0.2, 0.25) is 5.02 Å². The fraction of sp³-hybridized carbons (Fsp3) is 0.400. The zero-order chi connectivity index (χ0) is 16.8. The highest BCUT2D eigenvalue weighted by molar-refractivity contribution is 7.74. The van der Waals surface area contributed by atoms with Crippen molar-refractivity contribution in [1.82, 2.24) is 0 Å². The van der Waals surface area contributed by atoms with Crippen molar-refractivity contribution in [2.24, 2.45) is 0 Å². The largest absolute Gasteiger partial charge is 0.468 e. The highest BCUT2D eigenvalue weighted by Crippen LogP contribution is 2.34. The van der Waals surface area contributed by atoms with Crippen LogP contribution in [0.4, 0.5) is 10.1 Å². The van der Waals surface area contributed by atoms with E-state index >= 15 is 0 Å². The van der Waals surface area contributed by atoms with E-state index in [1.54, 1.807) is 0 Å². The molecule has 0 radical (unpaired) electrons. The van der Waals surface area contributed by atoms with Crippen molar-refractivity contribution in [3.05, 3.63) is 40.3 Å². The minimum atomic E-state index is -3.05. The standard InChI is InChI=1S/C15H17ClFNO4S/c16-12-5-6-15(13(17)9-12)18(23(20)21)14-4-2-1-3-11(14)7-8-22-10-19/h5-6,9-10,23H,1-4,7-8H2. The lowest BCUT2D eigenvalue weighted by atomic mass is 9.94. The Hall–Kier alpha value is -1.60. The van der Waals surface area contributed by atoms with Gasteiger partial charge in [0, 0.05) is 17.1 Å². The third-order valence-electron chi connectivity index (χ3n) is 3.70. The lowest BCUT2D eigenvalue weighted by Gasteiger charge is -2.28. The predicted octanol–water partition coefficient (Wildman–Crippen LogP) is 3.20. The lowest BCUT2D eigenvalue weighted by molar-refractivity contribution is -0.128. The summed E-state index contributed by atoms with van der Waals surface area (Å²) < 4.78 is 43.4. The van der Waals surface area contributed by atoms with Crippen molar-refractivity contribution in [1.29, 1.82) is 0 Å². The Labute approximate surface area is 140 Å². The lowest BCUT2D eigenvalue weighted by Crippen LogP contribution is -2.25. The van der Waals surface area contributed by atoms with Gasteiger partial charge in [0.1, 0.15) is 5.82 Å². The molecule has 8 heteroatoms. The first-order valence-electron chi connectivity index (χ1n) is 7.20. The van der Waals surface area contributed by atoms with Crippen LogP contribution in [0.5, 0.6) is 0 Å². The summed E-state index contributed by atoms with van der Waals surface area (Å²) in [6.45, 7) is 0.530. The summed E-state index contributed by atoms with van der Waals surface area (Å²) in [4.78, 5) is 10.3. The number of anilines is 1. The molecule has 0 N–H and O–H groups in total. The van der Waals surface area contributed by atoms with Crippen molar-refractivity contribution in [3.63, 3.8) is 0 Å². The Morgan fingerprint density at radius 2 is 2.04 bits per heavy atom. The van der Waals surface area contributed by atoms with Crippen LogP contribution in [-0.4, -0.2) is 21.5 Å². The van der Waals surface area contributed by atoms with Crippen molar-refractivity contribution in [2.75, 3.05) is 10.9 Å². The van der Waals surface area contributed by atoms with Crippen LogP contribution in [0.3, 0.4) is 0 Å². The van der Waals surface area contributed by atoms with Crippen molar-refractivity contribution in [3.8, 4) is 0 Å². The minimum Gasteiger partial charge on any atom is -0.468 e. The first kappa shape index (κ1) is 17.7. The molecule has 0 atom stereocenters. The van der Waals surface area contributed by atoms with Gasteiger partial charge < -0.3 is 4.74 Å². The molecular weight excluding hydrogens is 345 g/mol. The van der Waals surface area contributed by atoms with Gasteiger partial charge in [-0.3, -0.25) is 4.79 Å². The second kappa shape index (κ2) is 8.31. The summed E-state index contributed by atoms with van der Waals surface area (Å²) >= 11 is 5.73. The summed E-state index contributed by atoms with van der Waals surface area (Å²) in [6, 6.07) is 3.88. The molecule has 0 amide bonds. The third kappa shape index (κ3) is 4.45. The molecule has 1 aliphatic carbocycles. The quantitative estimate of drug-likeness (QED) is 0.460. The first-order chi connectivity index (χ1) is 11.0. The normalized spacial score (nSPS) is 14.9. The van der Waals surface area contributed by atoms with Gasteiger partial charge in [0.15, 0.2) is 0 Å². The van der Waals surface area contributed by atoms with E-state index in [4.69, 9.17) is 16.3 Å². The second-order valence-corrected chi connectivity index (χ2v) is 6.43. The van der Waals surface area contributed by atoms with E-state index in [-0.39, 0.29) is 17.3 Å². The zero-order valence-corrected chi connectivity index (χ0v) is 14.0. The summed E-state index contributed by atoms with van der Waals surface area (Å²) in [6.07, 6.45) is 3.41. The molecule has 0 unspecified atom stereocenters. The van der Waals surface area contributed by atoms with E-state index in [1.807, 2.05) is 0 Å². The average molecular weight is 362 g/mol. The number of nitrogens with zero attached hydrogens (tertiary/aromatic N) is 1. The molecule has 0 aliphatic heterocycles. The van der Waals surface area contributed by atoms with E-state index in [9.17, 15) is 17.6 Å². The zero-order valence-electron chi connectivity index (χ0n) is 12.3. The van der Waals surface area contributed by atoms with Crippen LogP contribution in [-0.2, 0) is 20.4 Å². The van der Waals surface area contributed by atoms with E-state index in [1.165, 1.54) is 12.1 Å². The number of rotatable bonds is 7. The Balaban J connectivity index is 2.42.